The molecule has 0 amide bonds. The molecule has 3 aliphatic carbocycles. The third kappa shape index (κ3) is 2.17. The number of aliphatic carboxylic acids is 1. The summed E-state index contributed by atoms with van der Waals surface area (Å²) in [6.45, 7) is 9.12. The number of hydrogen-bond donors (Lipinski definition) is 1. The topological polar surface area (TPSA) is 37.3 Å². The lowest BCUT2D eigenvalue weighted by Crippen LogP contribution is -2.54. The Kier molecular flexibility index (Phi) is 3.73. The van der Waals surface area contributed by atoms with Gasteiger partial charge < -0.3 is 5.11 Å². The van der Waals surface area contributed by atoms with Crippen LogP contribution in [-0.2, 0) is 4.79 Å². The molecule has 0 unspecified atom stereocenters. The minimum Gasteiger partial charge on any atom is -0.481 e. The largest absolute Gasteiger partial charge is 0.481 e. The first-order chi connectivity index (χ1) is 10.3. The van der Waals surface area contributed by atoms with Crippen LogP contribution in [0.2, 0.25) is 0 Å². The maximum atomic E-state index is 12.0. The molecule has 2 saturated carbocycles. The van der Waals surface area contributed by atoms with Crippen LogP contribution in [0.25, 0.3) is 0 Å². The Balaban J connectivity index is 1.97. The molecule has 0 aromatic rings. The van der Waals surface area contributed by atoms with Crippen molar-refractivity contribution in [1.82, 2.24) is 0 Å². The first kappa shape index (κ1) is 16.1. The smallest absolute Gasteiger partial charge is 0.309 e. The minimum atomic E-state index is -0.565. The van der Waals surface area contributed by atoms with Crippen molar-refractivity contribution in [2.75, 3.05) is 0 Å². The Labute approximate surface area is 135 Å². The van der Waals surface area contributed by atoms with Gasteiger partial charge in [0.25, 0.3) is 0 Å². The van der Waals surface area contributed by atoms with Gasteiger partial charge in [0.15, 0.2) is 0 Å². The van der Waals surface area contributed by atoms with Gasteiger partial charge in [-0.3, -0.25) is 4.79 Å². The van der Waals surface area contributed by atoms with Gasteiger partial charge in [-0.15, -0.1) is 0 Å². The molecule has 0 radical (unpaired) electrons. The Hall–Kier alpha value is -0.790. The highest BCUT2D eigenvalue weighted by Crippen LogP contribution is 2.64. The highest BCUT2D eigenvalue weighted by atomic mass is 16.4. The van der Waals surface area contributed by atoms with E-state index in [1.807, 2.05) is 6.92 Å². The Morgan fingerprint density at radius 1 is 1.23 bits per heavy atom. The summed E-state index contributed by atoms with van der Waals surface area (Å²) in [5.74, 6) is 0.411. The maximum Gasteiger partial charge on any atom is 0.309 e. The van der Waals surface area contributed by atoms with Crippen LogP contribution in [0.15, 0.2) is 11.6 Å². The third-order valence-electron chi connectivity index (χ3n) is 7.78. The Morgan fingerprint density at radius 2 is 1.95 bits per heavy atom. The van der Waals surface area contributed by atoms with Crippen LogP contribution in [0.3, 0.4) is 0 Å². The van der Waals surface area contributed by atoms with Gasteiger partial charge in [0.2, 0.25) is 0 Å². The van der Waals surface area contributed by atoms with Gasteiger partial charge in [-0.05, 0) is 74.5 Å². The maximum absolute atomic E-state index is 12.0. The fourth-order valence-electron chi connectivity index (χ4n) is 6.10. The van der Waals surface area contributed by atoms with Gasteiger partial charge in [-0.25, -0.2) is 0 Å². The van der Waals surface area contributed by atoms with Crippen molar-refractivity contribution in [1.29, 1.82) is 0 Å². The molecule has 124 valence electrons. The number of allylic oxidation sites excluding steroid dienone is 2. The lowest BCUT2D eigenvalue weighted by molar-refractivity contribution is -0.164. The second kappa shape index (κ2) is 5.11. The molecule has 0 spiro atoms. The van der Waals surface area contributed by atoms with Gasteiger partial charge in [-0.2, -0.15) is 0 Å². The molecule has 5 atom stereocenters. The van der Waals surface area contributed by atoms with Gasteiger partial charge in [0, 0.05) is 0 Å². The predicted octanol–water partition coefficient (Wildman–Crippen LogP) is 5.43. The summed E-state index contributed by atoms with van der Waals surface area (Å²) in [5.41, 5.74) is 1.72. The molecule has 22 heavy (non-hydrogen) atoms. The summed E-state index contributed by atoms with van der Waals surface area (Å²) in [4.78, 5) is 12.0. The lowest BCUT2D eigenvalue weighted by Gasteiger charge is -2.59. The van der Waals surface area contributed by atoms with Gasteiger partial charge >= 0.3 is 5.97 Å². The molecular weight excluding hydrogens is 272 g/mol. The number of carboxylic acid groups (broad SMARTS) is 1. The van der Waals surface area contributed by atoms with Crippen LogP contribution < -0.4 is 0 Å². The van der Waals surface area contributed by atoms with E-state index in [9.17, 15) is 9.90 Å². The minimum absolute atomic E-state index is 0.199. The zero-order valence-electron chi connectivity index (χ0n) is 14.7. The summed E-state index contributed by atoms with van der Waals surface area (Å²) in [7, 11) is 0. The normalized spacial score (nSPS) is 48.1. The van der Waals surface area contributed by atoms with Crippen molar-refractivity contribution >= 4 is 5.97 Å². The summed E-state index contributed by atoms with van der Waals surface area (Å²) in [6.07, 6.45) is 11.7. The molecule has 0 saturated heterocycles. The quantitative estimate of drug-likeness (QED) is 0.691. The van der Waals surface area contributed by atoms with Gasteiger partial charge in [-0.1, -0.05) is 38.8 Å². The third-order valence-corrected chi connectivity index (χ3v) is 7.78. The lowest BCUT2D eigenvalue weighted by atomic mass is 9.45. The van der Waals surface area contributed by atoms with E-state index in [1.165, 1.54) is 25.7 Å². The number of hydrogen-bond acceptors (Lipinski definition) is 1. The summed E-state index contributed by atoms with van der Waals surface area (Å²) in [6, 6.07) is 0. The molecule has 0 bridgehead atoms. The first-order valence-electron chi connectivity index (χ1n) is 9.20. The summed E-state index contributed by atoms with van der Waals surface area (Å²) < 4.78 is 0. The SMILES string of the molecule is CC[C@]1(C)C=C2CC[C@@H]3[C@](C)(CCC[C@@]3(C)C(=O)O)[C@@H]2CC1. The van der Waals surface area contributed by atoms with Crippen LogP contribution >= 0.6 is 0 Å². The molecule has 3 rings (SSSR count). The van der Waals surface area contributed by atoms with E-state index in [-0.39, 0.29) is 5.41 Å². The number of carboxylic acids is 1. The Bertz CT molecular complexity index is 508. The van der Waals surface area contributed by atoms with E-state index in [1.54, 1.807) is 5.57 Å². The van der Waals surface area contributed by atoms with E-state index in [2.05, 4.69) is 26.8 Å². The molecule has 3 aliphatic rings. The fraction of sp³-hybridized carbons (Fsp3) is 0.850. The predicted molar refractivity (Wildman–Crippen MR) is 89.6 cm³/mol. The van der Waals surface area contributed by atoms with Crippen LogP contribution in [0.4, 0.5) is 0 Å². The van der Waals surface area contributed by atoms with E-state index >= 15 is 0 Å². The average molecular weight is 304 g/mol. The van der Waals surface area contributed by atoms with Crippen LogP contribution in [-0.4, -0.2) is 11.1 Å². The zero-order valence-corrected chi connectivity index (χ0v) is 14.7. The van der Waals surface area contributed by atoms with Crippen LogP contribution in [0, 0.1) is 28.1 Å². The van der Waals surface area contributed by atoms with Gasteiger partial charge in [0.1, 0.15) is 0 Å². The van der Waals surface area contributed by atoms with Crippen molar-refractivity contribution in [3.8, 4) is 0 Å². The van der Waals surface area contributed by atoms with E-state index < -0.39 is 11.4 Å². The van der Waals surface area contributed by atoms with E-state index in [0.29, 0.717) is 17.3 Å². The van der Waals surface area contributed by atoms with Gasteiger partial charge in [0.05, 0.1) is 5.41 Å². The second-order valence-electron chi connectivity index (χ2n) is 8.99. The van der Waals surface area contributed by atoms with E-state index in [4.69, 9.17) is 0 Å². The molecule has 0 aromatic carbocycles. The molecule has 0 heterocycles. The fourth-order valence-corrected chi connectivity index (χ4v) is 6.10. The summed E-state index contributed by atoms with van der Waals surface area (Å²) >= 11 is 0. The molecule has 0 aromatic heterocycles. The molecular formula is C20H32O2. The Morgan fingerprint density at radius 3 is 2.59 bits per heavy atom. The monoisotopic (exact) mass is 304 g/mol. The molecule has 2 fully saturated rings. The molecule has 2 nitrogen and oxygen atoms in total. The van der Waals surface area contributed by atoms with Crippen molar-refractivity contribution in [3.05, 3.63) is 11.6 Å². The second-order valence-corrected chi connectivity index (χ2v) is 8.99. The highest BCUT2D eigenvalue weighted by molar-refractivity contribution is 5.75. The van der Waals surface area contributed by atoms with Crippen LogP contribution in [0.5, 0.6) is 0 Å². The number of rotatable bonds is 2. The first-order valence-corrected chi connectivity index (χ1v) is 9.20. The number of carbonyl (C=O) groups is 1. The van der Waals surface area contributed by atoms with Crippen molar-refractivity contribution in [3.63, 3.8) is 0 Å². The van der Waals surface area contributed by atoms with Crippen molar-refractivity contribution in [2.45, 2.75) is 79.1 Å². The van der Waals surface area contributed by atoms with Crippen molar-refractivity contribution < 1.29 is 9.90 Å². The van der Waals surface area contributed by atoms with Crippen molar-refractivity contribution in [2.24, 2.45) is 28.1 Å². The summed E-state index contributed by atoms with van der Waals surface area (Å²) in [5, 5.41) is 9.85. The standard InChI is InChI=1S/C20H32O2/c1-5-18(2)12-9-15-14(13-18)7-8-16-19(15,3)10-6-11-20(16,4)17(21)22/h13,15-16H,5-12H2,1-4H3,(H,21,22)/t15-,16-,18+,19-,20-/m1/s1. The van der Waals surface area contributed by atoms with Crippen LogP contribution in [0.1, 0.15) is 79.1 Å². The average Bonchev–Trinajstić information content (AvgIpc) is 2.46. The zero-order chi connectivity index (χ0) is 16.2. The molecule has 0 aliphatic heterocycles. The molecule has 2 heteroatoms. The molecule has 1 N–H and O–H groups in total. The number of fused-ring (bicyclic) bond motifs is 3. The highest BCUT2D eigenvalue weighted by Gasteiger charge is 2.58. The van der Waals surface area contributed by atoms with E-state index in [0.717, 1.165) is 25.7 Å².